The number of phenols is 1. The molecule has 0 spiro atoms. The first-order valence-corrected chi connectivity index (χ1v) is 14.1. The van der Waals surface area contributed by atoms with Crippen molar-refractivity contribution in [2.45, 2.75) is 55.9 Å². The van der Waals surface area contributed by atoms with Gasteiger partial charge >= 0.3 is 0 Å². The molecular weight excluding hydrogens is 557 g/mol. The summed E-state index contributed by atoms with van der Waals surface area (Å²) >= 11 is 12.3. The number of carbonyl (C=O) groups is 1. The third kappa shape index (κ3) is 5.31. The Morgan fingerprint density at radius 2 is 1.85 bits per heavy atom. The lowest BCUT2D eigenvalue weighted by atomic mass is 9.71. The average Bonchev–Trinajstić information content (AvgIpc) is 3.13. The van der Waals surface area contributed by atoms with Crippen LogP contribution >= 0.6 is 23.2 Å². The van der Waals surface area contributed by atoms with E-state index in [1.165, 1.54) is 24.3 Å². The minimum absolute atomic E-state index is 0.0697. The molecule has 6 nitrogen and oxygen atoms in total. The van der Waals surface area contributed by atoms with E-state index < -0.39 is 35.2 Å². The molecule has 0 radical (unpaired) electrons. The number of piperidine rings is 1. The van der Waals surface area contributed by atoms with E-state index in [1.54, 1.807) is 30.3 Å². The molecule has 3 aromatic rings. The number of nitrogens with two attached hydrogens (primary N) is 1. The van der Waals surface area contributed by atoms with E-state index in [0.717, 1.165) is 31.5 Å². The van der Waals surface area contributed by atoms with Crippen molar-refractivity contribution in [3.8, 4) is 5.75 Å². The Morgan fingerprint density at radius 1 is 1.12 bits per heavy atom. The summed E-state index contributed by atoms with van der Waals surface area (Å²) in [4.78, 5) is 16.1. The molecule has 5 N–H and O–H groups in total. The minimum atomic E-state index is -1.56. The van der Waals surface area contributed by atoms with E-state index in [-0.39, 0.29) is 45.4 Å². The molecule has 5 rings (SSSR count). The number of rotatable bonds is 6. The van der Waals surface area contributed by atoms with Gasteiger partial charge in [-0.1, -0.05) is 53.5 Å². The molecule has 4 unspecified atom stereocenters. The summed E-state index contributed by atoms with van der Waals surface area (Å²) in [6.07, 6.45) is 1.49. The van der Waals surface area contributed by atoms with E-state index in [4.69, 9.17) is 28.9 Å². The number of amides is 1. The van der Waals surface area contributed by atoms with Crippen LogP contribution in [0.1, 0.15) is 42.4 Å². The third-order valence-corrected chi connectivity index (χ3v) is 8.85. The molecule has 3 aromatic carbocycles. The highest BCUT2D eigenvalue weighted by atomic mass is 35.5. The van der Waals surface area contributed by atoms with Gasteiger partial charge in [0.25, 0.3) is 0 Å². The zero-order valence-electron chi connectivity index (χ0n) is 22.0. The number of likely N-dealkylation sites (tertiary alicyclic amines) is 1. The Labute approximate surface area is 242 Å². The van der Waals surface area contributed by atoms with Gasteiger partial charge in [0.15, 0.2) is 0 Å². The van der Waals surface area contributed by atoms with Gasteiger partial charge in [0.05, 0.1) is 16.6 Å². The lowest BCUT2D eigenvalue weighted by molar-refractivity contribution is -0.127. The molecule has 2 aliphatic rings. The van der Waals surface area contributed by atoms with Gasteiger partial charge < -0.3 is 21.5 Å². The van der Waals surface area contributed by atoms with E-state index in [1.807, 2.05) is 17.9 Å². The van der Waals surface area contributed by atoms with Crippen LogP contribution in [0.25, 0.3) is 0 Å². The van der Waals surface area contributed by atoms with Crippen LogP contribution in [0.2, 0.25) is 10.0 Å². The Bertz CT molecular complexity index is 1400. The first-order chi connectivity index (χ1) is 19.1. The third-order valence-electron chi connectivity index (χ3n) is 8.32. The summed E-state index contributed by atoms with van der Waals surface area (Å²) in [5, 5.41) is 16.6. The molecule has 2 aliphatic heterocycles. The van der Waals surface area contributed by atoms with Gasteiger partial charge in [0.1, 0.15) is 17.4 Å². The molecule has 4 atom stereocenters. The van der Waals surface area contributed by atoms with Crippen molar-refractivity contribution in [3.05, 3.63) is 99.0 Å². The lowest BCUT2D eigenvalue weighted by Gasteiger charge is -2.37. The second-order valence-electron chi connectivity index (χ2n) is 10.7. The molecule has 2 heterocycles. The number of carbonyl (C=O) groups excluding carboxylic acids is 1. The maximum absolute atomic E-state index is 15.8. The number of phenolic OH excluding ortho intramolecular Hbond substituents is 1. The van der Waals surface area contributed by atoms with Crippen LogP contribution in [0, 0.1) is 11.6 Å². The molecule has 2 fully saturated rings. The second-order valence-corrected chi connectivity index (χ2v) is 11.5. The summed E-state index contributed by atoms with van der Waals surface area (Å²) in [7, 11) is 0. The van der Waals surface area contributed by atoms with Gasteiger partial charge in [-0.25, -0.2) is 8.78 Å². The Kier molecular flexibility index (Phi) is 8.36. The van der Waals surface area contributed by atoms with Crippen LogP contribution in [0.5, 0.6) is 5.75 Å². The van der Waals surface area contributed by atoms with Gasteiger partial charge in [-0.2, -0.15) is 0 Å². The molecular formula is C30H32Cl2F2N4O2. The van der Waals surface area contributed by atoms with Crippen LogP contribution in [0.4, 0.5) is 8.78 Å². The molecule has 0 saturated carbocycles. The lowest BCUT2D eigenvalue weighted by Crippen LogP contribution is -2.52. The fraction of sp³-hybridized carbons (Fsp3) is 0.367. The van der Waals surface area contributed by atoms with E-state index >= 15 is 8.78 Å². The van der Waals surface area contributed by atoms with Crippen molar-refractivity contribution in [1.82, 2.24) is 15.5 Å². The molecule has 212 valence electrons. The largest absolute Gasteiger partial charge is 0.508 e. The molecule has 40 heavy (non-hydrogen) atoms. The summed E-state index contributed by atoms with van der Waals surface area (Å²) in [6, 6.07) is 13.8. The van der Waals surface area contributed by atoms with Crippen LogP contribution in [-0.4, -0.2) is 47.1 Å². The van der Waals surface area contributed by atoms with Crippen molar-refractivity contribution in [1.29, 1.82) is 0 Å². The zero-order valence-corrected chi connectivity index (χ0v) is 23.5. The highest BCUT2D eigenvalue weighted by molar-refractivity contribution is 6.31. The minimum Gasteiger partial charge on any atom is -0.508 e. The summed E-state index contributed by atoms with van der Waals surface area (Å²) in [6.45, 7) is 3.54. The maximum Gasteiger partial charge on any atom is 0.238 e. The molecule has 0 aromatic heterocycles. The number of hydrogen-bond acceptors (Lipinski definition) is 5. The highest BCUT2D eigenvalue weighted by Crippen LogP contribution is 2.52. The smallest absolute Gasteiger partial charge is 0.238 e. The molecule has 0 aliphatic carbocycles. The first-order valence-electron chi connectivity index (χ1n) is 13.3. The number of benzene rings is 3. The van der Waals surface area contributed by atoms with Crippen LogP contribution in [-0.2, 0) is 16.9 Å². The van der Waals surface area contributed by atoms with Gasteiger partial charge in [0, 0.05) is 35.1 Å². The fourth-order valence-corrected chi connectivity index (χ4v) is 6.65. The predicted octanol–water partition coefficient (Wildman–Crippen LogP) is 5.06. The summed E-state index contributed by atoms with van der Waals surface area (Å²) < 4.78 is 31.5. The quantitative estimate of drug-likeness (QED) is 0.323. The zero-order chi connectivity index (χ0) is 28.6. The Hall–Kier alpha value is -2.75. The van der Waals surface area contributed by atoms with Crippen molar-refractivity contribution >= 4 is 29.1 Å². The van der Waals surface area contributed by atoms with E-state index in [2.05, 4.69) is 10.6 Å². The first kappa shape index (κ1) is 28.8. The van der Waals surface area contributed by atoms with E-state index in [0.29, 0.717) is 0 Å². The molecule has 10 heteroatoms. The Balaban J connectivity index is 1.70. The summed E-state index contributed by atoms with van der Waals surface area (Å²) in [5.41, 5.74) is 6.63. The number of nitrogens with one attached hydrogen (secondary N) is 2. The van der Waals surface area contributed by atoms with Crippen LogP contribution < -0.4 is 16.4 Å². The van der Waals surface area contributed by atoms with Gasteiger partial charge in [0.2, 0.25) is 5.91 Å². The van der Waals surface area contributed by atoms with Gasteiger partial charge in [-0.3, -0.25) is 9.69 Å². The predicted molar refractivity (Wildman–Crippen MR) is 152 cm³/mol. The van der Waals surface area contributed by atoms with Crippen molar-refractivity contribution in [2.75, 3.05) is 13.1 Å². The highest BCUT2D eigenvalue weighted by Gasteiger charge is 2.60. The van der Waals surface area contributed by atoms with Crippen LogP contribution in [0.15, 0.2) is 60.7 Å². The van der Waals surface area contributed by atoms with Crippen LogP contribution in [0.3, 0.4) is 0 Å². The summed E-state index contributed by atoms with van der Waals surface area (Å²) in [5.74, 6) is -2.63. The molecule has 1 amide bonds. The van der Waals surface area contributed by atoms with Gasteiger partial charge in [-0.15, -0.1) is 0 Å². The SMILES string of the molecule is CC1N(Cc2cccc(O)c2)C(C(=O)NC2CCNCC2)C(c2cccc(Cl)c2F)C1(N)c1ccc(Cl)cc1F. The number of hydrogen-bond donors (Lipinski definition) is 4. The Morgan fingerprint density at radius 3 is 2.55 bits per heavy atom. The fourth-order valence-electron chi connectivity index (χ4n) is 6.30. The normalized spacial score (nSPS) is 25.7. The number of aromatic hydroxyl groups is 1. The van der Waals surface area contributed by atoms with E-state index in [9.17, 15) is 9.90 Å². The second kappa shape index (κ2) is 11.6. The van der Waals surface area contributed by atoms with Crippen molar-refractivity contribution in [2.24, 2.45) is 5.73 Å². The van der Waals surface area contributed by atoms with Crippen molar-refractivity contribution in [3.63, 3.8) is 0 Å². The topological polar surface area (TPSA) is 90.6 Å². The number of halogens is 4. The van der Waals surface area contributed by atoms with Crippen molar-refractivity contribution < 1.29 is 18.7 Å². The average molecular weight is 590 g/mol. The maximum atomic E-state index is 15.8. The standard InChI is InChI=1S/C30H32Cl2F2N4O2/c1-17-30(35,23-9-8-19(31)15-25(23)33)26(22-6-3-7-24(32)27(22)34)28(29(40)37-20-10-12-36-13-11-20)38(17)16-18-4-2-5-21(39)14-18/h2-9,14-15,17,20,26,28,36,39H,10-13,16,35H2,1H3,(H,37,40). The monoisotopic (exact) mass is 588 g/mol. The molecule has 0 bridgehead atoms. The number of nitrogens with zero attached hydrogens (tertiary/aromatic N) is 1. The molecule has 2 saturated heterocycles. The van der Waals surface area contributed by atoms with Gasteiger partial charge in [-0.05, 0) is 74.3 Å².